The van der Waals surface area contributed by atoms with E-state index < -0.39 is 20.0 Å². The molecule has 0 atom stereocenters. The maximum atomic E-state index is 11.8. The Morgan fingerprint density at radius 1 is 0.897 bits per heavy atom. The molecule has 0 aromatic heterocycles. The lowest BCUT2D eigenvalue weighted by Gasteiger charge is -2.43. The van der Waals surface area contributed by atoms with Gasteiger partial charge in [0.05, 0.1) is 0 Å². The highest BCUT2D eigenvalue weighted by atomic mass is 28.4. The summed E-state index contributed by atoms with van der Waals surface area (Å²) >= 11 is 0. The normalized spacial score (nSPS) is 12.9. The molecule has 0 N–H and O–H groups in total. The Bertz CT molecular complexity index is 766. The number of amides is 1. The Kier molecular flexibility index (Phi) is 7.55. The molecule has 1 amide bonds. The van der Waals surface area contributed by atoms with Gasteiger partial charge in [-0.15, -0.1) is 0 Å². The molecule has 0 bridgehead atoms. The molecular formula is C24H33NO3Si. The van der Waals surface area contributed by atoms with Gasteiger partial charge in [0, 0.05) is 19.2 Å². The fourth-order valence-corrected chi connectivity index (χ4v) is 8.03. The van der Waals surface area contributed by atoms with Gasteiger partial charge in [0.25, 0.3) is 8.32 Å². The first-order valence-electron chi connectivity index (χ1n) is 10.1. The van der Waals surface area contributed by atoms with E-state index in [-0.39, 0.29) is 5.04 Å². The molecule has 0 fully saturated rings. The molecule has 5 heteroatoms. The highest BCUT2D eigenvalue weighted by Gasteiger charge is 2.49. The second-order valence-corrected chi connectivity index (χ2v) is 13.4. The lowest BCUT2D eigenvalue weighted by atomic mass is 10.2. The second kappa shape index (κ2) is 9.50. The topological polar surface area (TPSA) is 47.9 Å². The van der Waals surface area contributed by atoms with Crippen LogP contribution in [0.3, 0.4) is 0 Å². The maximum absolute atomic E-state index is 11.8. The van der Waals surface area contributed by atoms with E-state index in [0.717, 1.165) is 0 Å². The molecule has 4 nitrogen and oxygen atoms in total. The van der Waals surface area contributed by atoms with Crippen LogP contribution in [0.4, 0.5) is 4.79 Å². The number of carbonyl (C=O) groups excluding carboxylic acids is 1. The first-order chi connectivity index (χ1) is 13.6. The fourth-order valence-electron chi connectivity index (χ4n) is 3.45. The first-order valence-corrected chi connectivity index (χ1v) is 12.0. The van der Waals surface area contributed by atoms with Crippen molar-refractivity contribution in [3.05, 3.63) is 60.7 Å². The summed E-state index contributed by atoms with van der Waals surface area (Å²) in [5.41, 5.74) is -0.542. The van der Waals surface area contributed by atoms with Crippen molar-refractivity contribution in [2.24, 2.45) is 4.99 Å². The summed E-state index contributed by atoms with van der Waals surface area (Å²) < 4.78 is 12.0. The van der Waals surface area contributed by atoms with Crippen LogP contribution in [0.1, 0.15) is 48.0 Å². The number of rotatable bonds is 6. The highest BCUT2D eigenvalue weighted by Crippen LogP contribution is 2.36. The van der Waals surface area contributed by atoms with Crippen LogP contribution in [0.5, 0.6) is 0 Å². The van der Waals surface area contributed by atoms with E-state index in [9.17, 15) is 4.79 Å². The largest absolute Gasteiger partial charge is 0.442 e. The summed E-state index contributed by atoms with van der Waals surface area (Å²) in [4.78, 5) is 15.7. The van der Waals surface area contributed by atoms with Gasteiger partial charge in [0.1, 0.15) is 5.60 Å². The van der Waals surface area contributed by atoms with Crippen molar-refractivity contribution in [2.75, 3.05) is 6.61 Å². The van der Waals surface area contributed by atoms with E-state index in [1.807, 2.05) is 32.9 Å². The molecule has 0 spiro atoms. The Balaban J connectivity index is 2.25. The van der Waals surface area contributed by atoms with E-state index in [0.29, 0.717) is 13.0 Å². The highest BCUT2D eigenvalue weighted by molar-refractivity contribution is 6.99. The number of nitrogens with zero attached hydrogens (tertiary/aromatic N) is 1. The van der Waals surface area contributed by atoms with Crippen molar-refractivity contribution in [3.8, 4) is 0 Å². The van der Waals surface area contributed by atoms with Gasteiger partial charge >= 0.3 is 6.09 Å². The van der Waals surface area contributed by atoms with Crippen LogP contribution in [-0.2, 0) is 9.16 Å². The van der Waals surface area contributed by atoms with Gasteiger partial charge < -0.3 is 9.16 Å². The number of ether oxygens (including phenoxy) is 1. The third kappa shape index (κ3) is 6.12. The first kappa shape index (κ1) is 23.0. The summed E-state index contributed by atoms with van der Waals surface area (Å²) in [6.45, 7) is 12.7. The van der Waals surface area contributed by atoms with E-state index in [1.165, 1.54) is 10.4 Å². The minimum absolute atomic E-state index is 0.0714. The van der Waals surface area contributed by atoms with Crippen molar-refractivity contribution < 1.29 is 14.0 Å². The summed E-state index contributed by atoms with van der Waals surface area (Å²) in [7, 11) is -2.54. The molecular weight excluding hydrogens is 378 g/mol. The quantitative estimate of drug-likeness (QED) is 0.383. The fraction of sp³-hybridized carbons (Fsp3) is 0.417. The molecule has 0 aliphatic rings. The number of hydrogen-bond donors (Lipinski definition) is 0. The van der Waals surface area contributed by atoms with Crippen LogP contribution in [0.2, 0.25) is 5.04 Å². The van der Waals surface area contributed by atoms with E-state index >= 15 is 0 Å². The molecule has 29 heavy (non-hydrogen) atoms. The Hall–Kier alpha value is -2.24. The van der Waals surface area contributed by atoms with Crippen LogP contribution < -0.4 is 10.4 Å². The molecule has 0 radical (unpaired) electrons. The molecule has 0 unspecified atom stereocenters. The van der Waals surface area contributed by atoms with E-state index in [4.69, 9.17) is 9.16 Å². The molecule has 0 aliphatic carbocycles. The average molecular weight is 412 g/mol. The van der Waals surface area contributed by atoms with Crippen molar-refractivity contribution in [2.45, 2.75) is 58.6 Å². The average Bonchev–Trinajstić information content (AvgIpc) is 2.63. The second-order valence-electron chi connectivity index (χ2n) is 9.09. The Morgan fingerprint density at radius 3 is 1.79 bits per heavy atom. The van der Waals surface area contributed by atoms with Crippen LogP contribution >= 0.6 is 0 Å². The van der Waals surface area contributed by atoms with Crippen molar-refractivity contribution in [1.82, 2.24) is 0 Å². The van der Waals surface area contributed by atoms with Crippen molar-refractivity contribution in [3.63, 3.8) is 0 Å². The zero-order valence-electron chi connectivity index (χ0n) is 18.4. The minimum Gasteiger partial charge on any atom is -0.442 e. The zero-order chi connectivity index (χ0) is 21.5. The van der Waals surface area contributed by atoms with Gasteiger partial charge in [-0.25, -0.2) is 4.79 Å². The van der Waals surface area contributed by atoms with Crippen LogP contribution in [0, 0.1) is 0 Å². The number of hydrogen-bond acceptors (Lipinski definition) is 3. The van der Waals surface area contributed by atoms with Crippen LogP contribution in [0.15, 0.2) is 65.7 Å². The van der Waals surface area contributed by atoms with Crippen LogP contribution in [-0.4, -0.2) is 32.8 Å². The van der Waals surface area contributed by atoms with Gasteiger partial charge in [-0.05, 0) is 36.2 Å². The summed E-state index contributed by atoms with van der Waals surface area (Å²) in [5.74, 6) is 0. The van der Waals surface area contributed by atoms with Gasteiger partial charge in [-0.1, -0.05) is 81.4 Å². The van der Waals surface area contributed by atoms with Gasteiger partial charge in [0.15, 0.2) is 0 Å². The summed E-state index contributed by atoms with van der Waals surface area (Å²) in [6, 6.07) is 21.0. The van der Waals surface area contributed by atoms with Crippen molar-refractivity contribution >= 4 is 31.0 Å². The Morgan fingerprint density at radius 2 is 1.38 bits per heavy atom. The predicted octanol–water partition coefficient (Wildman–Crippen LogP) is 4.96. The molecule has 0 heterocycles. The molecule has 2 aromatic rings. The monoisotopic (exact) mass is 411 g/mol. The zero-order valence-corrected chi connectivity index (χ0v) is 19.4. The van der Waals surface area contributed by atoms with E-state index in [2.05, 4.69) is 74.3 Å². The number of benzene rings is 2. The third-order valence-electron chi connectivity index (χ3n) is 4.57. The molecule has 2 rings (SSSR count). The SMILES string of the molecule is CC(C)(C)OC(=O)/N=C/CCO[Si](c1ccccc1)(c1ccccc1)C(C)(C)C. The summed E-state index contributed by atoms with van der Waals surface area (Å²) in [6.07, 6.45) is 1.57. The van der Waals surface area contributed by atoms with Gasteiger partial charge in [0.2, 0.25) is 0 Å². The summed E-state index contributed by atoms with van der Waals surface area (Å²) in [5, 5.41) is 2.41. The Labute approximate surface area is 176 Å². The number of aliphatic imine (C=N–C) groups is 1. The van der Waals surface area contributed by atoms with Gasteiger partial charge in [-0.2, -0.15) is 4.99 Å². The molecule has 0 saturated heterocycles. The maximum Gasteiger partial charge on any atom is 0.433 e. The lowest BCUT2D eigenvalue weighted by molar-refractivity contribution is 0.0605. The van der Waals surface area contributed by atoms with Gasteiger partial charge in [-0.3, -0.25) is 0 Å². The third-order valence-corrected chi connectivity index (χ3v) is 9.61. The smallest absolute Gasteiger partial charge is 0.433 e. The lowest BCUT2D eigenvalue weighted by Crippen LogP contribution is -2.66. The standard InChI is InChI=1S/C24H33NO3Si/c1-23(2,3)28-22(26)25-18-13-19-27-29(24(4,5)6,20-14-9-7-10-15-20)21-16-11-8-12-17-21/h7-12,14-18H,13,19H2,1-6H3/b25-18+. The van der Waals surface area contributed by atoms with Crippen molar-refractivity contribution in [1.29, 1.82) is 0 Å². The van der Waals surface area contributed by atoms with E-state index in [1.54, 1.807) is 6.21 Å². The molecule has 156 valence electrons. The minimum atomic E-state index is -2.54. The van der Waals surface area contributed by atoms with Crippen LogP contribution in [0.25, 0.3) is 0 Å². The molecule has 0 aliphatic heterocycles. The molecule has 2 aromatic carbocycles. The molecule has 0 saturated carbocycles. The predicted molar refractivity (Wildman–Crippen MR) is 123 cm³/mol. The number of carbonyl (C=O) groups is 1.